The fraction of sp³-hybridized carbons (Fsp3) is 0.143. The summed E-state index contributed by atoms with van der Waals surface area (Å²) in [5.41, 5.74) is 5.90. The van der Waals surface area contributed by atoms with Crippen molar-refractivity contribution < 1.29 is 8.42 Å². The molecular formula is C7H8N4O2S3. The van der Waals surface area contributed by atoms with Gasteiger partial charge in [-0.15, -0.1) is 21.5 Å². The quantitative estimate of drug-likeness (QED) is 0.880. The molecule has 0 atom stereocenters. The monoisotopic (exact) mass is 276 g/mol. The highest BCUT2D eigenvalue weighted by Crippen LogP contribution is 2.25. The molecule has 0 aromatic carbocycles. The zero-order chi connectivity index (χ0) is 11.8. The lowest BCUT2D eigenvalue weighted by Gasteiger charge is -2.00. The molecule has 6 nitrogen and oxygen atoms in total. The number of hydrogen-bond donors (Lipinski definition) is 2. The van der Waals surface area contributed by atoms with Crippen LogP contribution in [0.15, 0.2) is 15.7 Å². The van der Waals surface area contributed by atoms with E-state index in [-0.39, 0.29) is 9.34 Å². The summed E-state index contributed by atoms with van der Waals surface area (Å²) in [6, 6.07) is 1.40. The van der Waals surface area contributed by atoms with Gasteiger partial charge in [0.2, 0.25) is 5.13 Å². The van der Waals surface area contributed by atoms with E-state index in [0.717, 1.165) is 11.3 Å². The van der Waals surface area contributed by atoms with E-state index in [9.17, 15) is 8.42 Å². The van der Waals surface area contributed by atoms with Crippen LogP contribution in [-0.4, -0.2) is 18.6 Å². The molecule has 2 aromatic heterocycles. The molecule has 0 radical (unpaired) electrons. The van der Waals surface area contributed by atoms with Crippen molar-refractivity contribution in [1.82, 2.24) is 10.2 Å². The third-order valence-electron chi connectivity index (χ3n) is 1.61. The Bertz CT molecular complexity index is 601. The molecule has 16 heavy (non-hydrogen) atoms. The molecule has 3 N–H and O–H groups in total. The van der Waals surface area contributed by atoms with Gasteiger partial charge in [-0.2, -0.15) is 0 Å². The summed E-state index contributed by atoms with van der Waals surface area (Å²) >= 11 is 2.24. The molecule has 0 unspecified atom stereocenters. The number of anilines is 2. The Kier molecular flexibility index (Phi) is 2.82. The zero-order valence-electron chi connectivity index (χ0n) is 8.17. The number of nitrogen functional groups attached to an aromatic ring is 1. The minimum Gasteiger partial charge on any atom is -0.398 e. The van der Waals surface area contributed by atoms with Crippen molar-refractivity contribution in [2.24, 2.45) is 0 Å². The Hall–Kier alpha value is -1.19. The molecular weight excluding hydrogens is 268 g/mol. The predicted molar refractivity (Wildman–Crippen MR) is 64.2 cm³/mol. The van der Waals surface area contributed by atoms with E-state index in [0.29, 0.717) is 10.7 Å². The Morgan fingerprint density at radius 3 is 2.69 bits per heavy atom. The van der Waals surface area contributed by atoms with E-state index in [1.807, 2.05) is 0 Å². The van der Waals surface area contributed by atoms with E-state index in [2.05, 4.69) is 14.9 Å². The molecule has 0 spiro atoms. The second kappa shape index (κ2) is 4.00. The van der Waals surface area contributed by atoms with Crippen LogP contribution in [0.4, 0.5) is 10.8 Å². The van der Waals surface area contributed by atoms with Gasteiger partial charge in [0, 0.05) is 11.1 Å². The van der Waals surface area contributed by atoms with E-state index >= 15 is 0 Å². The van der Waals surface area contributed by atoms with Crippen LogP contribution in [0.2, 0.25) is 0 Å². The van der Waals surface area contributed by atoms with Crippen LogP contribution in [0, 0.1) is 6.92 Å². The highest BCUT2D eigenvalue weighted by molar-refractivity contribution is 7.94. The van der Waals surface area contributed by atoms with Crippen LogP contribution >= 0.6 is 22.7 Å². The first-order valence-electron chi connectivity index (χ1n) is 4.14. The topological polar surface area (TPSA) is 98.0 Å². The number of nitrogens with two attached hydrogens (primary N) is 1. The lowest BCUT2D eigenvalue weighted by Crippen LogP contribution is -2.11. The first-order chi connectivity index (χ1) is 7.47. The van der Waals surface area contributed by atoms with Crippen molar-refractivity contribution in [3.63, 3.8) is 0 Å². The van der Waals surface area contributed by atoms with Gasteiger partial charge in [-0.3, -0.25) is 4.72 Å². The SMILES string of the molecule is Cc1nnc(NS(=O)(=O)c2cc(N)cs2)s1. The van der Waals surface area contributed by atoms with Crippen molar-refractivity contribution >= 4 is 43.5 Å². The lowest BCUT2D eigenvalue weighted by atomic mass is 10.6. The molecule has 86 valence electrons. The minimum absolute atomic E-state index is 0.165. The van der Waals surface area contributed by atoms with Crippen molar-refractivity contribution in [1.29, 1.82) is 0 Å². The smallest absolute Gasteiger partial charge is 0.273 e. The van der Waals surface area contributed by atoms with Gasteiger partial charge in [-0.25, -0.2) is 8.42 Å². The maximum atomic E-state index is 11.8. The van der Waals surface area contributed by atoms with Crippen molar-refractivity contribution in [2.45, 2.75) is 11.1 Å². The molecule has 0 aliphatic heterocycles. The van der Waals surface area contributed by atoms with Gasteiger partial charge < -0.3 is 5.73 Å². The summed E-state index contributed by atoms with van der Waals surface area (Å²) in [6.45, 7) is 1.75. The van der Waals surface area contributed by atoms with Gasteiger partial charge in [0.1, 0.15) is 9.22 Å². The molecule has 0 amide bonds. The molecule has 0 saturated carbocycles. The van der Waals surface area contributed by atoms with E-state index < -0.39 is 10.0 Å². The molecule has 0 bridgehead atoms. The summed E-state index contributed by atoms with van der Waals surface area (Å²) in [4.78, 5) is 0. The summed E-state index contributed by atoms with van der Waals surface area (Å²) in [6.07, 6.45) is 0. The van der Waals surface area contributed by atoms with Gasteiger partial charge in [-0.05, 0) is 13.0 Å². The predicted octanol–water partition coefficient (Wildman–Crippen LogP) is 1.29. The van der Waals surface area contributed by atoms with Crippen LogP contribution < -0.4 is 10.5 Å². The average molecular weight is 276 g/mol. The number of hydrogen-bond acceptors (Lipinski definition) is 7. The number of aryl methyl sites for hydroxylation is 1. The number of sulfonamides is 1. The standard InChI is InChI=1S/C7H8N4O2S3/c1-4-9-10-7(15-4)11-16(12,13)6-2-5(8)3-14-6/h2-3H,8H2,1H3,(H,10,11). The second-order valence-corrected chi connectivity index (χ2v) is 6.93. The number of nitrogens with one attached hydrogen (secondary N) is 1. The summed E-state index contributed by atoms with van der Waals surface area (Å²) < 4.78 is 26.1. The first-order valence-corrected chi connectivity index (χ1v) is 7.32. The van der Waals surface area contributed by atoms with E-state index in [1.165, 1.54) is 17.4 Å². The Morgan fingerprint density at radius 2 is 2.19 bits per heavy atom. The summed E-state index contributed by atoms with van der Waals surface area (Å²) in [5.74, 6) is 0. The average Bonchev–Trinajstić information content (AvgIpc) is 2.75. The zero-order valence-corrected chi connectivity index (χ0v) is 10.6. The van der Waals surface area contributed by atoms with Gasteiger partial charge in [-0.1, -0.05) is 11.3 Å². The molecule has 0 saturated heterocycles. The molecule has 2 rings (SSSR count). The Labute approximate surface area is 100 Å². The largest absolute Gasteiger partial charge is 0.398 e. The van der Waals surface area contributed by atoms with Crippen molar-refractivity contribution in [3.05, 3.63) is 16.5 Å². The Balaban J connectivity index is 2.27. The van der Waals surface area contributed by atoms with Crippen molar-refractivity contribution in [2.75, 3.05) is 10.5 Å². The number of aromatic nitrogens is 2. The normalized spacial score (nSPS) is 11.6. The number of thiophene rings is 1. The molecule has 2 aromatic rings. The van der Waals surface area contributed by atoms with Gasteiger partial charge in [0.25, 0.3) is 10.0 Å². The van der Waals surface area contributed by atoms with Gasteiger partial charge in [0.15, 0.2) is 0 Å². The highest BCUT2D eigenvalue weighted by atomic mass is 32.2. The van der Waals surface area contributed by atoms with E-state index in [1.54, 1.807) is 12.3 Å². The molecule has 2 heterocycles. The third-order valence-corrected chi connectivity index (χ3v) is 5.29. The third kappa shape index (κ3) is 2.31. The van der Waals surface area contributed by atoms with Crippen LogP contribution in [-0.2, 0) is 10.0 Å². The van der Waals surface area contributed by atoms with Gasteiger partial charge in [0.05, 0.1) is 0 Å². The highest BCUT2D eigenvalue weighted by Gasteiger charge is 2.18. The van der Waals surface area contributed by atoms with E-state index in [4.69, 9.17) is 5.73 Å². The Morgan fingerprint density at radius 1 is 1.44 bits per heavy atom. The number of rotatable bonds is 3. The van der Waals surface area contributed by atoms with Crippen LogP contribution in [0.1, 0.15) is 5.01 Å². The summed E-state index contributed by atoms with van der Waals surface area (Å²) in [7, 11) is -3.58. The minimum atomic E-state index is -3.58. The molecule has 9 heteroatoms. The second-order valence-electron chi connectivity index (χ2n) is 2.93. The summed E-state index contributed by atoms with van der Waals surface area (Å²) in [5, 5.41) is 9.93. The maximum absolute atomic E-state index is 11.8. The van der Waals surface area contributed by atoms with Crippen molar-refractivity contribution in [3.8, 4) is 0 Å². The van der Waals surface area contributed by atoms with Gasteiger partial charge >= 0.3 is 0 Å². The lowest BCUT2D eigenvalue weighted by molar-refractivity contribution is 0.603. The molecule has 0 aliphatic rings. The van der Waals surface area contributed by atoms with Crippen LogP contribution in [0.5, 0.6) is 0 Å². The van der Waals surface area contributed by atoms with Crippen LogP contribution in [0.3, 0.4) is 0 Å². The van der Waals surface area contributed by atoms with Crippen LogP contribution in [0.25, 0.3) is 0 Å². The fourth-order valence-electron chi connectivity index (χ4n) is 0.974. The maximum Gasteiger partial charge on any atom is 0.273 e. The number of nitrogens with zero attached hydrogens (tertiary/aromatic N) is 2. The first kappa shape index (κ1) is 11.3. The molecule has 0 aliphatic carbocycles. The molecule has 0 fully saturated rings. The fourth-order valence-corrected chi connectivity index (χ4v) is 3.88.